The highest BCUT2D eigenvalue weighted by Gasteiger charge is 2.17. The van der Waals surface area contributed by atoms with Crippen LogP contribution in [0.25, 0.3) is 0 Å². The topological polar surface area (TPSA) is 27.0 Å². The Hall–Kier alpha value is -1.63. The Balaban J connectivity index is 2.18. The Morgan fingerprint density at radius 3 is 2.40 bits per heavy atom. The molecule has 0 saturated carbocycles. The lowest BCUT2D eigenvalue weighted by molar-refractivity contribution is 0.239. The van der Waals surface area contributed by atoms with Gasteiger partial charge in [0.2, 0.25) is 0 Å². The standard InChI is InChI=1S/C17H17BrN2/c1-20(13-15-9-5-6-10-16(15)18)17(11-12-19)14-7-3-2-4-8-14/h2-10,17H,11,13H2,1H3. The predicted octanol–water partition coefficient (Wildman–Crippen LogP) is 4.54. The molecule has 0 amide bonds. The van der Waals surface area contributed by atoms with Crippen molar-refractivity contribution in [1.82, 2.24) is 4.90 Å². The molecule has 0 aliphatic heterocycles. The fourth-order valence-corrected chi connectivity index (χ4v) is 2.71. The van der Waals surface area contributed by atoms with Crippen LogP contribution in [-0.4, -0.2) is 11.9 Å². The maximum absolute atomic E-state index is 9.08. The summed E-state index contributed by atoms with van der Waals surface area (Å²) in [5.41, 5.74) is 2.41. The number of hydrogen-bond donors (Lipinski definition) is 0. The third-order valence-electron chi connectivity index (χ3n) is 3.38. The lowest BCUT2D eigenvalue weighted by atomic mass is 10.0. The van der Waals surface area contributed by atoms with Gasteiger partial charge in [0.1, 0.15) is 0 Å². The van der Waals surface area contributed by atoms with Gasteiger partial charge in [-0.3, -0.25) is 4.90 Å². The molecule has 1 atom stereocenters. The minimum absolute atomic E-state index is 0.119. The van der Waals surface area contributed by atoms with Crippen LogP contribution in [0.2, 0.25) is 0 Å². The van der Waals surface area contributed by atoms with Crippen LogP contribution in [0.4, 0.5) is 0 Å². The van der Waals surface area contributed by atoms with Crippen LogP contribution in [-0.2, 0) is 6.54 Å². The number of nitriles is 1. The van der Waals surface area contributed by atoms with E-state index in [2.05, 4.69) is 52.1 Å². The second-order valence-electron chi connectivity index (χ2n) is 4.80. The first-order valence-electron chi connectivity index (χ1n) is 6.58. The van der Waals surface area contributed by atoms with E-state index in [1.54, 1.807) is 0 Å². The quantitative estimate of drug-likeness (QED) is 0.805. The third-order valence-corrected chi connectivity index (χ3v) is 4.15. The van der Waals surface area contributed by atoms with E-state index in [1.165, 1.54) is 11.1 Å². The zero-order valence-electron chi connectivity index (χ0n) is 11.5. The van der Waals surface area contributed by atoms with Crippen molar-refractivity contribution in [2.75, 3.05) is 7.05 Å². The van der Waals surface area contributed by atoms with Crippen molar-refractivity contribution in [3.05, 3.63) is 70.2 Å². The molecule has 0 radical (unpaired) electrons. The summed E-state index contributed by atoms with van der Waals surface area (Å²) in [6.07, 6.45) is 0.491. The van der Waals surface area contributed by atoms with Gasteiger partial charge in [0.05, 0.1) is 12.5 Å². The highest BCUT2D eigenvalue weighted by molar-refractivity contribution is 9.10. The average Bonchev–Trinajstić information content (AvgIpc) is 2.48. The molecule has 20 heavy (non-hydrogen) atoms. The second kappa shape index (κ2) is 7.23. The fourth-order valence-electron chi connectivity index (χ4n) is 2.30. The van der Waals surface area contributed by atoms with Gasteiger partial charge in [-0.05, 0) is 24.2 Å². The Morgan fingerprint density at radius 1 is 1.10 bits per heavy atom. The van der Waals surface area contributed by atoms with Crippen molar-refractivity contribution in [3.8, 4) is 6.07 Å². The van der Waals surface area contributed by atoms with Crippen molar-refractivity contribution in [2.24, 2.45) is 0 Å². The molecule has 0 aliphatic carbocycles. The molecule has 2 nitrogen and oxygen atoms in total. The number of rotatable bonds is 5. The molecular formula is C17H17BrN2. The fraction of sp³-hybridized carbons (Fsp3) is 0.235. The summed E-state index contributed by atoms with van der Waals surface area (Å²) in [6, 6.07) is 20.8. The van der Waals surface area contributed by atoms with Crippen LogP contribution in [0.15, 0.2) is 59.1 Å². The Labute approximate surface area is 128 Å². The lowest BCUT2D eigenvalue weighted by Crippen LogP contribution is -2.24. The summed E-state index contributed by atoms with van der Waals surface area (Å²) >= 11 is 3.58. The number of benzene rings is 2. The first-order chi connectivity index (χ1) is 9.72. The zero-order valence-corrected chi connectivity index (χ0v) is 13.0. The third kappa shape index (κ3) is 3.69. The molecular weight excluding hydrogens is 312 g/mol. The number of nitrogens with zero attached hydrogens (tertiary/aromatic N) is 2. The van der Waals surface area contributed by atoms with E-state index in [1.807, 2.05) is 36.4 Å². The van der Waals surface area contributed by atoms with E-state index in [4.69, 9.17) is 5.26 Å². The molecule has 0 aromatic heterocycles. The molecule has 0 fully saturated rings. The van der Waals surface area contributed by atoms with E-state index in [0.29, 0.717) is 6.42 Å². The molecule has 0 saturated heterocycles. The highest BCUT2D eigenvalue weighted by atomic mass is 79.9. The van der Waals surface area contributed by atoms with Gasteiger partial charge >= 0.3 is 0 Å². The summed E-state index contributed by atoms with van der Waals surface area (Å²) in [4.78, 5) is 2.22. The molecule has 0 heterocycles. The van der Waals surface area contributed by atoms with Crippen molar-refractivity contribution < 1.29 is 0 Å². The van der Waals surface area contributed by atoms with Gasteiger partial charge in [0.25, 0.3) is 0 Å². The van der Waals surface area contributed by atoms with Crippen LogP contribution < -0.4 is 0 Å². The summed E-state index contributed by atoms with van der Waals surface area (Å²) in [5.74, 6) is 0. The molecule has 0 N–H and O–H groups in total. The minimum Gasteiger partial charge on any atom is -0.294 e. The largest absolute Gasteiger partial charge is 0.294 e. The minimum atomic E-state index is 0.119. The highest BCUT2D eigenvalue weighted by Crippen LogP contribution is 2.26. The maximum Gasteiger partial charge on any atom is 0.0641 e. The van der Waals surface area contributed by atoms with E-state index >= 15 is 0 Å². The molecule has 1 unspecified atom stereocenters. The van der Waals surface area contributed by atoms with Crippen molar-refractivity contribution in [3.63, 3.8) is 0 Å². The summed E-state index contributed by atoms with van der Waals surface area (Å²) in [7, 11) is 2.06. The Bertz CT molecular complexity index is 589. The van der Waals surface area contributed by atoms with Crippen molar-refractivity contribution in [1.29, 1.82) is 5.26 Å². The van der Waals surface area contributed by atoms with Gasteiger partial charge in [0.15, 0.2) is 0 Å². The van der Waals surface area contributed by atoms with Crippen LogP contribution >= 0.6 is 15.9 Å². The maximum atomic E-state index is 9.08. The SMILES string of the molecule is CN(Cc1ccccc1Br)C(CC#N)c1ccccc1. The van der Waals surface area contributed by atoms with Gasteiger partial charge in [-0.1, -0.05) is 64.5 Å². The van der Waals surface area contributed by atoms with Crippen molar-refractivity contribution >= 4 is 15.9 Å². The molecule has 2 aromatic rings. The van der Waals surface area contributed by atoms with Crippen molar-refractivity contribution in [2.45, 2.75) is 19.0 Å². The first kappa shape index (κ1) is 14.8. The van der Waals surface area contributed by atoms with Crippen LogP contribution in [0.1, 0.15) is 23.6 Å². The summed E-state index contributed by atoms with van der Waals surface area (Å²) in [5, 5.41) is 9.08. The normalized spacial score (nSPS) is 12.1. The molecule has 0 bridgehead atoms. The summed E-state index contributed by atoms with van der Waals surface area (Å²) in [6.45, 7) is 0.808. The second-order valence-corrected chi connectivity index (χ2v) is 5.65. The van der Waals surface area contributed by atoms with Gasteiger partial charge in [-0.2, -0.15) is 5.26 Å². The predicted molar refractivity (Wildman–Crippen MR) is 85.0 cm³/mol. The monoisotopic (exact) mass is 328 g/mol. The molecule has 2 aromatic carbocycles. The van der Waals surface area contributed by atoms with Gasteiger partial charge in [-0.15, -0.1) is 0 Å². The average molecular weight is 329 g/mol. The summed E-state index contributed by atoms with van der Waals surface area (Å²) < 4.78 is 1.11. The molecule has 0 aliphatic rings. The van der Waals surface area contributed by atoms with E-state index in [9.17, 15) is 0 Å². The molecule has 102 valence electrons. The number of hydrogen-bond acceptors (Lipinski definition) is 2. The van der Waals surface area contributed by atoms with Gasteiger partial charge in [-0.25, -0.2) is 0 Å². The Morgan fingerprint density at radius 2 is 1.75 bits per heavy atom. The van der Waals surface area contributed by atoms with Gasteiger partial charge < -0.3 is 0 Å². The van der Waals surface area contributed by atoms with E-state index < -0.39 is 0 Å². The van der Waals surface area contributed by atoms with Crippen LogP contribution in [0.3, 0.4) is 0 Å². The van der Waals surface area contributed by atoms with Crippen LogP contribution in [0, 0.1) is 11.3 Å². The molecule has 3 heteroatoms. The van der Waals surface area contributed by atoms with E-state index in [0.717, 1.165) is 11.0 Å². The van der Waals surface area contributed by atoms with Crippen LogP contribution in [0.5, 0.6) is 0 Å². The smallest absolute Gasteiger partial charge is 0.0641 e. The number of halogens is 1. The Kier molecular flexibility index (Phi) is 5.34. The molecule has 2 rings (SSSR count). The lowest BCUT2D eigenvalue weighted by Gasteiger charge is -2.27. The zero-order chi connectivity index (χ0) is 14.4. The van der Waals surface area contributed by atoms with Gasteiger partial charge in [0, 0.05) is 17.1 Å². The first-order valence-corrected chi connectivity index (χ1v) is 7.37. The molecule has 0 spiro atoms. The van der Waals surface area contributed by atoms with E-state index in [-0.39, 0.29) is 6.04 Å².